The van der Waals surface area contributed by atoms with Gasteiger partial charge in [-0.3, -0.25) is 15.0 Å². The predicted octanol–water partition coefficient (Wildman–Crippen LogP) is 0.117. The summed E-state index contributed by atoms with van der Waals surface area (Å²) < 4.78 is 0.913. The molecule has 76 valence electrons. The average molecular weight is 278 g/mol. The quantitative estimate of drug-likeness (QED) is 0.311. The molecule has 5 nitrogen and oxygen atoms in total. The zero-order valence-electron chi connectivity index (χ0n) is 7.04. The van der Waals surface area contributed by atoms with Gasteiger partial charge in [-0.1, -0.05) is 0 Å². The standard InChI is InChI=1S/C7H8BrN3O2S/c8-4-1-2-14-5(4)3-10-6(12)7(13)11-9/h1-2H,3,9H2,(H,10,12)(H,11,13). The Kier molecular flexibility index (Phi) is 4.05. The van der Waals surface area contributed by atoms with Gasteiger partial charge in [-0.25, -0.2) is 5.84 Å². The summed E-state index contributed by atoms with van der Waals surface area (Å²) >= 11 is 4.79. The average Bonchev–Trinajstić information content (AvgIpc) is 2.59. The van der Waals surface area contributed by atoms with Gasteiger partial charge < -0.3 is 5.32 Å². The minimum Gasteiger partial charge on any atom is -0.343 e. The smallest absolute Gasteiger partial charge is 0.323 e. The Morgan fingerprint density at radius 2 is 2.21 bits per heavy atom. The highest BCUT2D eigenvalue weighted by molar-refractivity contribution is 9.10. The summed E-state index contributed by atoms with van der Waals surface area (Å²) in [5.41, 5.74) is 1.75. The summed E-state index contributed by atoms with van der Waals surface area (Å²) in [5.74, 6) is 3.19. The Labute approximate surface area is 92.8 Å². The molecule has 14 heavy (non-hydrogen) atoms. The van der Waals surface area contributed by atoms with Crippen LogP contribution in [0.15, 0.2) is 15.9 Å². The summed E-state index contributed by atoms with van der Waals surface area (Å²) in [6.45, 7) is 0.310. The van der Waals surface area contributed by atoms with Crippen molar-refractivity contribution in [2.75, 3.05) is 0 Å². The molecule has 1 aromatic heterocycles. The van der Waals surface area contributed by atoms with Crippen LogP contribution in [0, 0.1) is 0 Å². The summed E-state index contributed by atoms with van der Waals surface area (Å²) in [7, 11) is 0. The van der Waals surface area contributed by atoms with Gasteiger partial charge in [0, 0.05) is 9.35 Å². The Bertz CT molecular complexity index is 352. The summed E-state index contributed by atoms with van der Waals surface area (Å²) in [6, 6.07) is 1.87. The Morgan fingerprint density at radius 3 is 2.71 bits per heavy atom. The molecule has 2 amide bonds. The van der Waals surface area contributed by atoms with Crippen LogP contribution in [0.2, 0.25) is 0 Å². The molecule has 0 radical (unpaired) electrons. The maximum Gasteiger partial charge on any atom is 0.323 e. The predicted molar refractivity (Wildman–Crippen MR) is 56.2 cm³/mol. The SMILES string of the molecule is NNC(=O)C(=O)NCc1sccc1Br. The number of hydrogen-bond donors (Lipinski definition) is 3. The van der Waals surface area contributed by atoms with Crippen molar-refractivity contribution in [1.29, 1.82) is 0 Å². The highest BCUT2D eigenvalue weighted by atomic mass is 79.9. The first-order valence-electron chi connectivity index (χ1n) is 3.65. The number of carbonyl (C=O) groups is 2. The fourth-order valence-corrected chi connectivity index (χ4v) is 2.19. The largest absolute Gasteiger partial charge is 0.343 e. The van der Waals surface area contributed by atoms with Crippen molar-refractivity contribution in [1.82, 2.24) is 10.7 Å². The van der Waals surface area contributed by atoms with Crippen molar-refractivity contribution in [2.24, 2.45) is 5.84 Å². The molecule has 0 unspecified atom stereocenters. The Morgan fingerprint density at radius 1 is 1.50 bits per heavy atom. The van der Waals surface area contributed by atoms with Crippen LogP contribution in [0.3, 0.4) is 0 Å². The molecule has 0 spiro atoms. The van der Waals surface area contributed by atoms with Gasteiger partial charge in [0.15, 0.2) is 0 Å². The summed E-state index contributed by atoms with van der Waals surface area (Å²) in [4.78, 5) is 22.6. The molecule has 1 heterocycles. The number of nitrogens with one attached hydrogen (secondary N) is 2. The summed E-state index contributed by atoms with van der Waals surface area (Å²) in [6.07, 6.45) is 0. The van der Waals surface area contributed by atoms with E-state index in [4.69, 9.17) is 5.84 Å². The fourth-order valence-electron chi connectivity index (χ4n) is 0.758. The van der Waals surface area contributed by atoms with E-state index in [1.807, 2.05) is 11.4 Å². The van der Waals surface area contributed by atoms with Gasteiger partial charge >= 0.3 is 11.8 Å². The van der Waals surface area contributed by atoms with Crippen molar-refractivity contribution >= 4 is 39.1 Å². The number of thiophene rings is 1. The van der Waals surface area contributed by atoms with E-state index in [9.17, 15) is 9.59 Å². The minimum absolute atomic E-state index is 0.310. The van der Waals surface area contributed by atoms with Crippen molar-refractivity contribution in [2.45, 2.75) is 6.54 Å². The van der Waals surface area contributed by atoms with E-state index in [1.54, 1.807) is 5.43 Å². The number of hydrazine groups is 1. The third-order valence-corrected chi connectivity index (χ3v) is 3.36. The maximum absolute atomic E-state index is 11.0. The number of nitrogens with two attached hydrogens (primary N) is 1. The fraction of sp³-hybridized carbons (Fsp3) is 0.143. The lowest BCUT2D eigenvalue weighted by Crippen LogP contribution is -2.42. The van der Waals surface area contributed by atoms with Crippen LogP contribution in [0.25, 0.3) is 0 Å². The molecule has 0 bridgehead atoms. The third-order valence-electron chi connectivity index (χ3n) is 1.44. The lowest BCUT2D eigenvalue weighted by Gasteiger charge is -2.02. The molecule has 7 heteroatoms. The van der Waals surface area contributed by atoms with Crippen LogP contribution in [0.5, 0.6) is 0 Å². The molecule has 0 aromatic carbocycles. The van der Waals surface area contributed by atoms with E-state index in [-0.39, 0.29) is 0 Å². The van der Waals surface area contributed by atoms with Crippen LogP contribution in [0.4, 0.5) is 0 Å². The molecule has 4 N–H and O–H groups in total. The molecule has 1 rings (SSSR count). The van der Waals surface area contributed by atoms with Gasteiger partial charge in [0.2, 0.25) is 0 Å². The van der Waals surface area contributed by atoms with E-state index < -0.39 is 11.8 Å². The second-order valence-electron chi connectivity index (χ2n) is 2.35. The normalized spacial score (nSPS) is 9.57. The van der Waals surface area contributed by atoms with E-state index in [0.29, 0.717) is 6.54 Å². The van der Waals surface area contributed by atoms with Crippen LogP contribution >= 0.6 is 27.3 Å². The highest BCUT2D eigenvalue weighted by Crippen LogP contribution is 2.21. The molecule has 0 saturated carbocycles. The topological polar surface area (TPSA) is 84.2 Å². The number of rotatable bonds is 2. The number of amides is 2. The first kappa shape index (κ1) is 11.2. The second-order valence-corrected chi connectivity index (χ2v) is 4.20. The van der Waals surface area contributed by atoms with Gasteiger partial charge in [0.05, 0.1) is 6.54 Å². The third kappa shape index (κ3) is 2.79. The molecule has 0 atom stereocenters. The minimum atomic E-state index is -0.849. The van der Waals surface area contributed by atoms with Crippen LogP contribution in [-0.2, 0) is 16.1 Å². The zero-order chi connectivity index (χ0) is 10.6. The molecular formula is C7H8BrN3O2S. The van der Waals surface area contributed by atoms with Gasteiger partial charge in [0.25, 0.3) is 0 Å². The Hall–Kier alpha value is -0.920. The number of halogens is 1. The second kappa shape index (κ2) is 5.08. The first-order chi connectivity index (χ1) is 6.65. The van der Waals surface area contributed by atoms with Gasteiger partial charge in [0.1, 0.15) is 0 Å². The highest BCUT2D eigenvalue weighted by Gasteiger charge is 2.11. The van der Waals surface area contributed by atoms with Crippen molar-refractivity contribution in [3.63, 3.8) is 0 Å². The lowest BCUT2D eigenvalue weighted by atomic mass is 10.4. The van der Waals surface area contributed by atoms with Crippen LogP contribution < -0.4 is 16.6 Å². The maximum atomic E-state index is 11.0. The Balaban J connectivity index is 2.45. The monoisotopic (exact) mass is 277 g/mol. The van der Waals surface area contributed by atoms with E-state index in [2.05, 4.69) is 21.2 Å². The zero-order valence-corrected chi connectivity index (χ0v) is 9.44. The first-order valence-corrected chi connectivity index (χ1v) is 5.33. The molecule has 0 aliphatic heterocycles. The molecule has 0 fully saturated rings. The van der Waals surface area contributed by atoms with Crippen LogP contribution in [0.1, 0.15) is 4.88 Å². The van der Waals surface area contributed by atoms with Crippen LogP contribution in [-0.4, -0.2) is 11.8 Å². The molecular weight excluding hydrogens is 270 g/mol. The van der Waals surface area contributed by atoms with Gasteiger partial charge in [-0.05, 0) is 27.4 Å². The number of hydrogen-bond acceptors (Lipinski definition) is 4. The van der Waals surface area contributed by atoms with E-state index in [0.717, 1.165) is 9.35 Å². The van der Waals surface area contributed by atoms with Crippen molar-refractivity contribution in [3.8, 4) is 0 Å². The van der Waals surface area contributed by atoms with Gasteiger partial charge in [-0.15, -0.1) is 11.3 Å². The summed E-state index contributed by atoms with van der Waals surface area (Å²) in [5, 5.41) is 4.31. The molecule has 0 saturated heterocycles. The lowest BCUT2D eigenvalue weighted by molar-refractivity contribution is -0.139. The van der Waals surface area contributed by atoms with E-state index in [1.165, 1.54) is 11.3 Å². The molecule has 0 aliphatic carbocycles. The molecule has 1 aromatic rings. The number of carbonyl (C=O) groups excluding carboxylic acids is 2. The van der Waals surface area contributed by atoms with Gasteiger partial charge in [-0.2, -0.15) is 0 Å². The molecule has 0 aliphatic rings. The van der Waals surface area contributed by atoms with Crippen molar-refractivity contribution < 1.29 is 9.59 Å². The van der Waals surface area contributed by atoms with E-state index >= 15 is 0 Å². The van der Waals surface area contributed by atoms with Crippen molar-refractivity contribution in [3.05, 3.63) is 20.8 Å².